The van der Waals surface area contributed by atoms with Crippen molar-refractivity contribution in [1.82, 2.24) is 10.2 Å². The fourth-order valence-corrected chi connectivity index (χ4v) is 4.59. The number of hydrogen-bond acceptors (Lipinski definition) is 6. The van der Waals surface area contributed by atoms with E-state index < -0.39 is 0 Å². The minimum atomic E-state index is 0.0702. The molecule has 0 bridgehead atoms. The fraction of sp³-hybridized carbons (Fsp3) is 0.381. The first-order valence-electron chi connectivity index (χ1n) is 9.48. The average Bonchev–Trinajstić information content (AvgIpc) is 2.88. The zero-order valence-electron chi connectivity index (χ0n) is 15.3. The lowest BCUT2D eigenvalue weighted by Gasteiger charge is -2.38. The number of piperazine rings is 1. The summed E-state index contributed by atoms with van der Waals surface area (Å²) in [6, 6.07) is 17.2. The highest BCUT2D eigenvalue weighted by Gasteiger charge is 2.28. The predicted octanol–water partition coefficient (Wildman–Crippen LogP) is 2.90. The molecule has 5 nitrogen and oxygen atoms in total. The molecule has 2 aromatic rings. The van der Waals surface area contributed by atoms with Gasteiger partial charge in [-0.05, 0) is 24.6 Å². The second-order valence-corrected chi connectivity index (χ2v) is 7.76. The van der Waals surface area contributed by atoms with E-state index in [2.05, 4.69) is 58.7 Å². The number of aliphatic hydroxyl groups excluding tert-OH is 1. The van der Waals surface area contributed by atoms with Crippen LogP contribution in [-0.2, 0) is 4.74 Å². The number of para-hydroxylation sites is 1. The van der Waals surface area contributed by atoms with Crippen LogP contribution in [0.5, 0.6) is 0 Å². The van der Waals surface area contributed by atoms with Gasteiger partial charge in [-0.3, -0.25) is 0 Å². The molecule has 0 saturated carbocycles. The van der Waals surface area contributed by atoms with Gasteiger partial charge in [0, 0.05) is 47.6 Å². The normalized spacial score (nSPS) is 19.1. The van der Waals surface area contributed by atoms with Crippen LogP contribution < -0.4 is 5.32 Å². The molecule has 0 amide bonds. The highest BCUT2D eigenvalue weighted by Crippen LogP contribution is 2.40. The molecule has 1 atom stereocenters. The van der Waals surface area contributed by atoms with Crippen molar-refractivity contribution in [2.45, 2.75) is 22.3 Å². The maximum atomic E-state index is 8.92. The van der Waals surface area contributed by atoms with Crippen LogP contribution in [0.15, 0.2) is 63.3 Å². The number of nitrogens with zero attached hydrogens (tertiary/aromatic N) is 2. The first-order chi connectivity index (χ1) is 13.4. The Kier molecular flexibility index (Phi) is 6.09. The number of rotatable bonds is 5. The Balaban J connectivity index is 1.67. The van der Waals surface area contributed by atoms with Gasteiger partial charge in [0.2, 0.25) is 0 Å². The summed E-state index contributed by atoms with van der Waals surface area (Å²) in [4.78, 5) is 9.98. The first kappa shape index (κ1) is 18.5. The molecule has 2 aliphatic heterocycles. The lowest BCUT2D eigenvalue weighted by atomic mass is 10.1. The van der Waals surface area contributed by atoms with Crippen molar-refractivity contribution in [3.63, 3.8) is 0 Å². The van der Waals surface area contributed by atoms with Gasteiger partial charge in [-0.1, -0.05) is 42.1 Å². The molecule has 6 heteroatoms. The highest BCUT2D eigenvalue weighted by molar-refractivity contribution is 7.99. The van der Waals surface area contributed by atoms with Crippen molar-refractivity contribution in [2.24, 2.45) is 4.99 Å². The van der Waals surface area contributed by atoms with Crippen LogP contribution in [0.2, 0.25) is 0 Å². The number of fused-ring (bicyclic) bond motifs is 2. The van der Waals surface area contributed by atoms with Crippen LogP contribution in [0, 0.1) is 0 Å². The number of aliphatic hydroxyl groups is 1. The van der Waals surface area contributed by atoms with Gasteiger partial charge in [-0.25, -0.2) is 4.99 Å². The quantitative estimate of drug-likeness (QED) is 0.778. The molecule has 2 N–H and O–H groups in total. The first-order valence-corrected chi connectivity index (χ1v) is 10.3. The summed E-state index contributed by atoms with van der Waals surface area (Å²) in [5.74, 6) is 1.05. The second-order valence-electron chi connectivity index (χ2n) is 6.68. The number of aliphatic imine (C=N–C) groups is 1. The molecular weight excluding hydrogens is 358 g/mol. The Labute approximate surface area is 164 Å². The van der Waals surface area contributed by atoms with E-state index in [0.29, 0.717) is 19.3 Å². The van der Waals surface area contributed by atoms with Gasteiger partial charge in [-0.15, -0.1) is 0 Å². The van der Waals surface area contributed by atoms with E-state index in [1.165, 1.54) is 15.4 Å². The van der Waals surface area contributed by atoms with Gasteiger partial charge in [0.05, 0.1) is 18.9 Å². The minimum absolute atomic E-state index is 0.0702. The summed E-state index contributed by atoms with van der Waals surface area (Å²) < 4.78 is 5.52. The maximum absolute atomic E-state index is 8.92. The molecule has 2 aromatic carbocycles. The van der Waals surface area contributed by atoms with Gasteiger partial charge >= 0.3 is 0 Å². The Morgan fingerprint density at radius 3 is 2.81 bits per heavy atom. The summed E-state index contributed by atoms with van der Waals surface area (Å²) in [7, 11) is 0. The fourth-order valence-electron chi connectivity index (χ4n) is 3.57. The van der Waals surface area contributed by atoms with Crippen molar-refractivity contribution in [1.29, 1.82) is 0 Å². The van der Waals surface area contributed by atoms with E-state index in [-0.39, 0.29) is 6.61 Å². The van der Waals surface area contributed by atoms with Gasteiger partial charge in [0.1, 0.15) is 5.84 Å². The summed E-state index contributed by atoms with van der Waals surface area (Å²) in [6.07, 6.45) is 0.906. The zero-order chi connectivity index (χ0) is 18.5. The number of amidine groups is 1. The van der Waals surface area contributed by atoms with Crippen molar-refractivity contribution >= 4 is 23.3 Å². The van der Waals surface area contributed by atoms with Crippen LogP contribution in [0.4, 0.5) is 5.69 Å². The third-order valence-electron chi connectivity index (χ3n) is 4.89. The SMILES string of the molecule is OCCOCCC1CNCCN1C1=Nc2ccccc2Sc2ccccc21. The average molecular weight is 384 g/mol. The summed E-state index contributed by atoms with van der Waals surface area (Å²) in [5.41, 5.74) is 2.23. The zero-order valence-corrected chi connectivity index (χ0v) is 16.1. The number of nitrogens with one attached hydrogen (secondary N) is 1. The standard InChI is InChI=1S/C21H25N3O2S/c25-12-14-26-13-9-16-15-22-10-11-24(16)21-17-5-1-3-7-19(17)27-20-8-4-2-6-18(20)23-21/h1-8,16,22,25H,9-15H2. The summed E-state index contributed by atoms with van der Waals surface area (Å²) >= 11 is 1.79. The highest BCUT2D eigenvalue weighted by atomic mass is 32.2. The largest absolute Gasteiger partial charge is 0.394 e. The van der Waals surface area contributed by atoms with Gasteiger partial charge in [-0.2, -0.15) is 0 Å². The Bertz CT molecular complexity index is 812. The molecular formula is C21H25N3O2S. The third kappa shape index (κ3) is 4.19. The minimum Gasteiger partial charge on any atom is -0.394 e. The van der Waals surface area contributed by atoms with Crippen molar-refractivity contribution in [3.8, 4) is 0 Å². The van der Waals surface area contributed by atoms with Crippen LogP contribution in [-0.4, -0.2) is 61.3 Å². The van der Waals surface area contributed by atoms with E-state index in [9.17, 15) is 0 Å². The van der Waals surface area contributed by atoms with Crippen LogP contribution in [0.3, 0.4) is 0 Å². The van der Waals surface area contributed by atoms with Gasteiger partial charge in [0.15, 0.2) is 0 Å². The van der Waals surface area contributed by atoms with Crippen molar-refractivity contribution < 1.29 is 9.84 Å². The van der Waals surface area contributed by atoms with Crippen molar-refractivity contribution in [2.75, 3.05) is 39.5 Å². The number of hydrogen-bond donors (Lipinski definition) is 2. The molecule has 2 aliphatic rings. The third-order valence-corrected chi connectivity index (χ3v) is 6.03. The van der Waals surface area contributed by atoms with E-state index in [1.54, 1.807) is 11.8 Å². The monoisotopic (exact) mass is 383 g/mol. The topological polar surface area (TPSA) is 57.1 Å². The number of benzene rings is 2. The lowest BCUT2D eigenvalue weighted by molar-refractivity contribution is 0.0767. The molecule has 1 saturated heterocycles. The molecule has 0 spiro atoms. The number of ether oxygens (including phenoxy) is 1. The smallest absolute Gasteiger partial charge is 0.138 e. The Hall–Kier alpha value is -1.86. The van der Waals surface area contributed by atoms with Crippen LogP contribution in [0.1, 0.15) is 12.0 Å². The van der Waals surface area contributed by atoms with Gasteiger partial charge < -0.3 is 20.1 Å². The molecule has 142 valence electrons. The molecule has 0 radical (unpaired) electrons. The maximum Gasteiger partial charge on any atom is 0.138 e. The van der Waals surface area contributed by atoms with Gasteiger partial charge in [0.25, 0.3) is 0 Å². The molecule has 1 unspecified atom stereocenters. The summed E-state index contributed by atoms with van der Waals surface area (Å²) in [6.45, 7) is 3.89. The van der Waals surface area contributed by atoms with Crippen LogP contribution in [0.25, 0.3) is 0 Å². The molecule has 0 aromatic heterocycles. The molecule has 1 fully saturated rings. The Morgan fingerprint density at radius 1 is 1.11 bits per heavy atom. The van der Waals surface area contributed by atoms with E-state index in [0.717, 1.165) is 37.6 Å². The van der Waals surface area contributed by atoms with E-state index in [1.807, 2.05) is 0 Å². The van der Waals surface area contributed by atoms with E-state index >= 15 is 0 Å². The van der Waals surface area contributed by atoms with E-state index in [4.69, 9.17) is 14.8 Å². The molecule has 27 heavy (non-hydrogen) atoms. The summed E-state index contributed by atoms with van der Waals surface area (Å²) in [5, 5.41) is 12.4. The lowest BCUT2D eigenvalue weighted by Crippen LogP contribution is -2.54. The molecule has 0 aliphatic carbocycles. The van der Waals surface area contributed by atoms with Crippen LogP contribution >= 0.6 is 11.8 Å². The predicted molar refractivity (Wildman–Crippen MR) is 109 cm³/mol. The molecule has 2 heterocycles. The second kappa shape index (κ2) is 8.89. The molecule has 4 rings (SSSR count). The Morgan fingerprint density at radius 2 is 1.93 bits per heavy atom. The van der Waals surface area contributed by atoms with Crippen molar-refractivity contribution in [3.05, 3.63) is 54.1 Å².